The Morgan fingerprint density at radius 3 is 2.81 bits per heavy atom. The number of nitrogens with one attached hydrogen (secondary N) is 2. The summed E-state index contributed by atoms with van der Waals surface area (Å²) in [5.41, 5.74) is 0. The first-order chi connectivity index (χ1) is 7.41. The van der Waals surface area contributed by atoms with Crippen LogP contribution in [0.3, 0.4) is 0 Å². The lowest BCUT2D eigenvalue weighted by Gasteiger charge is -2.19. The van der Waals surface area contributed by atoms with Crippen LogP contribution >= 0.6 is 0 Å². The lowest BCUT2D eigenvalue weighted by molar-refractivity contribution is -0.202. The summed E-state index contributed by atoms with van der Waals surface area (Å²) in [6.07, 6.45) is -4.97. The average molecular weight is 240 g/mol. The molecule has 1 aliphatic heterocycles. The van der Waals surface area contributed by atoms with E-state index in [1.54, 1.807) is 0 Å². The van der Waals surface area contributed by atoms with Gasteiger partial charge in [-0.05, 0) is 19.3 Å². The van der Waals surface area contributed by atoms with Gasteiger partial charge in [0.1, 0.15) is 0 Å². The smallest absolute Gasteiger partial charge is 0.382 e. The second-order valence-corrected chi connectivity index (χ2v) is 3.81. The molecule has 2 unspecified atom stereocenters. The third kappa shape index (κ3) is 3.97. The molecule has 1 aliphatic rings. The van der Waals surface area contributed by atoms with Gasteiger partial charge in [-0.15, -0.1) is 0 Å². The molecule has 0 aromatic rings. The predicted octanol–water partition coefficient (Wildman–Crippen LogP) is 0.168. The van der Waals surface area contributed by atoms with Gasteiger partial charge in [0, 0.05) is 13.1 Å². The molecule has 3 N–H and O–H groups in total. The van der Waals surface area contributed by atoms with Crippen LogP contribution in [0.2, 0.25) is 0 Å². The summed E-state index contributed by atoms with van der Waals surface area (Å²) in [5, 5.41) is 13.8. The second kappa shape index (κ2) is 5.49. The van der Waals surface area contributed by atoms with Gasteiger partial charge in [-0.2, -0.15) is 13.2 Å². The largest absolute Gasteiger partial charge is 0.415 e. The monoisotopic (exact) mass is 240 g/mol. The maximum absolute atomic E-state index is 12.0. The van der Waals surface area contributed by atoms with Crippen molar-refractivity contribution in [1.29, 1.82) is 0 Å². The van der Waals surface area contributed by atoms with Crippen molar-refractivity contribution in [1.82, 2.24) is 10.6 Å². The van der Waals surface area contributed by atoms with E-state index in [-0.39, 0.29) is 5.91 Å². The highest BCUT2D eigenvalue weighted by Gasteiger charge is 2.38. The van der Waals surface area contributed by atoms with Crippen molar-refractivity contribution in [2.24, 2.45) is 0 Å². The van der Waals surface area contributed by atoms with Crippen LogP contribution < -0.4 is 10.6 Å². The first-order valence-corrected chi connectivity index (χ1v) is 5.17. The third-order valence-electron chi connectivity index (χ3n) is 2.47. The topological polar surface area (TPSA) is 61.4 Å². The van der Waals surface area contributed by atoms with Crippen molar-refractivity contribution in [2.45, 2.75) is 37.6 Å². The normalized spacial score (nSPS) is 24.8. The van der Waals surface area contributed by atoms with Crippen molar-refractivity contribution < 1.29 is 23.1 Å². The van der Waals surface area contributed by atoms with E-state index in [4.69, 9.17) is 5.11 Å². The molecule has 94 valence electrons. The maximum atomic E-state index is 12.0. The Morgan fingerprint density at radius 1 is 1.50 bits per heavy atom. The van der Waals surface area contributed by atoms with E-state index in [9.17, 15) is 18.0 Å². The number of carbonyl (C=O) groups excluding carboxylic acids is 1. The van der Waals surface area contributed by atoms with E-state index < -0.39 is 24.9 Å². The molecule has 0 aromatic heterocycles. The standard InChI is InChI=1S/C9H15F3N2O2/c10-9(11,12)7(15)5-14-6-3-1-2-4-13-8(6)16/h6-7,14-15H,1-5H2,(H,13,16). The van der Waals surface area contributed by atoms with E-state index in [2.05, 4.69) is 10.6 Å². The Labute approximate surface area is 91.2 Å². The van der Waals surface area contributed by atoms with Crippen LogP contribution in [-0.4, -0.2) is 42.4 Å². The zero-order valence-corrected chi connectivity index (χ0v) is 8.68. The molecule has 0 radical (unpaired) electrons. The van der Waals surface area contributed by atoms with Crippen molar-refractivity contribution in [2.75, 3.05) is 13.1 Å². The number of amides is 1. The van der Waals surface area contributed by atoms with Gasteiger partial charge in [0.15, 0.2) is 6.10 Å². The van der Waals surface area contributed by atoms with Crippen LogP contribution in [0.15, 0.2) is 0 Å². The highest BCUT2D eigenvalue weighted by Crippen LogP contribution is 2.19. The second-order valence-electron chi connectivity index (χ2n) is 3.81. The van der Waals surface area contributed by atoms with E-state index in [0.717, 1.165) is 12.8 Å². The SMILES string of the molecule is O=C1NCCCCC1NCC(O)C(F)(F)F. The summed E-state index contributed by atoms with van der Waals surface area (Å²) in [7, 11) is 0. The van der Waals surface area contributed by atoms with Gasteiger partial charge in [0.25, 0.3) is 0 Å². The maximum Gasteiger partial charge on any atom is 0.415 e. The van der Waals surface area contributed by atoms with Gasteiger partial charge < -0.3 is 15.7 Å². The molecule has 1 rings (SSSR count). The molecule has 0 saturated carbocycles. The van der Waals surface area contributed by atoms with Crippen LogP contribution in [0.5, 0.6) is 0 Å². The predicted molar refractivity (Wildman–Crippen MR) is 50.7 cm³/mol. The lowest BCUT2D eigenvalue weighted by atomic mass is 10.1. The third-order valence-corrected chi connectivity index (χ3v) is 2.47. The summed E-state index contributed by atoms with van der Waals surface area (Å²) in [6, 6.07) is -0.639. The van der Waals surface area contributed by atoms with E-state index in [1.165, 1.54) is 0 Å². The first-order valence-electron chi connectivity index (χ1n) is 5.17. The fourth-order valence-electron chi connectivity index (χ4n) is 1.50. The Morgan fingerprint density at radius 2 is 2.19 bits per heavy atom. The zero-order chi connectivity index (χ0) is 12.2. The van der Waals surface area contributed by atoms with Gasteiger partial charge in [0.05, 0.1) is 6.04 Å². The van der Waals surface area contributed by atoms with E-state index >= 15 is 0 Å². The molecule has 4 nitrogen and oxygen atoms in total. The molecular weight excluding hydrogens is 225 g/mol. The summed E-state index contributed by atoms with van der Waals surface area (Å²) in [4.78, 5) is 11.3. The molecular formula is C9H15F3N2O2. The number of carbonyl (C=O) groups is 1. The van der Waals surface area contributed by atoms with Gasteiger partial charge in [0.2, 0.25) is 5.91 Å². The lowest BCUT2D eigenvalue weighted by Crippen LogP contribution is -2.48. The molecule has 16 heavy (non-hydrogen) atoms. The van der Waals surface area contributed by atoms with Crippen LogP contribution in [0.25, 0.3) is 0 Å². The Kier molecular flexibility index (Phi) is 4.55. The molecule has 1 saturated heterocycles. The minimum absolute atomic E-state index is 0.299. The van der Waals surface area contributed by atoms with Crippen LogP contribution in [0.1, 0.15) is 19.3 Å². The quantitative estimate of drug-likeness (QED) is 0.659. The number of rotatable bonds is 3. The summed E-state index contributed by atoms with van der Waals surface area (Å²) >= 11 is 0. The van der Waals surface area contributed by atoms with Gasteiger partial charge >= 0.3 is 6.18 Å². The van der Waals surface area contributed by atoms with Crippen molar-refractivity contribution in [3.63, 3.8) is 0 Å². The highest BCUT2D eigenvalue weighted by molar-refractivity contribution is 5.81. The molecule has 0 aromatic carbocycles. The molecule has 1 amide bonds. The molecule has 2 atom stereocenters. The Bertz CT molecular complexity index is 245. The number of aliphatic hydroxyl groups excluding tert-OH is 1. The van der Waals surface area contributed by atoms with Gasteiger partial charge in [-0.3, -0.25) is 4.79 Å². The molecule has 1 fully saturated rings. The van der Waals surface area contributed by atoms with Crippen molar-refractivity contribution >= 4 is 5.91 Å². The van der Waals surface area contributed by atoms with E-state index in [1.807, 2.05) is 0 Å². The molecule has 0 spiro atoms. The fraction of sp³-hybridized carbons (Fsp3) is 0.889. The van der Waals surface area contributed by atoms with Crippen LogP contribution in [-0.2, 0) is 4.79 Å². The number of hydrogen-bond donors (Lipinski definition) is 3. The van der Waals surface area contributed by atoms with Crippen LogP contribution in [0.4, 0.5) is 13.2 Å². The van der Waals surface area contributed by atoms with Crippen molar-refractivity contribution in [3.8, 4) is 0 Å². The number of aliphatic hydroxyl groups is 1. The highest BCUT2D eigenvalue weighted by atomic mass is 19.4. The number of halogens is 3. The fourth-order valence-corrected chi connectivity index (χ4v) is 1.50. The molecule has 0 bridgehead atoms. The minimum Gasteiger partial charge on any atom is -0.382 e. The summed E-state index contributed by atoms with van der Waals surface area (Å²) in [5.74, 6) is -0.299. The van der Waals surface area contributed by atoms with Gasteiger partial charge in [-0.1, -0.05) is 0 Å². The summed E-state index contributed by atoms with van der Waals surface area (Å²) in [6.45, 7) is -0.0968. The van der Waals surface area contributed by atoms with Crippen LogP contribution in [0, 0.1) is 0 Å². The van der Waals surface area contributed by atoms with Gasteiger partial charge in [-0.25, -0.2) is 0 Å². The minimum atomic E-state index is -4.64. The van der Waals surface area contributed by atoms with E-state index in [0.29, 0.717) is 13.0 Å². The number of alkyl halides is 3. The number of hydrogen-bond acceptors (Lipinski definition) is 3. The molecule has 0 aliphatic carbocycles. The Hall–Kier alpha value is -0.820. The zero-order valence-electron chi connectivity index (χ0n) is 8.68. The summed E-state index contributed by atoms with van der Waals surface area (Å²) < 4.78 is 36.0. The molecule has 7 heteroatoms. The first kappa shape index (κ1) is 13.2. The molecule has 1 heterocycles. The van der Waals surface area contributed by atoms with Crippen molar-refractivity contribution in [3.05, 3.63) is 0 Å². The Balaban J connectivity index is 2.38. The average Bonchev–Trinajstić information content (AvgIpc) is 2.38.